The molecule has 1 saturated heterocycles. The van der Waals surface area contributed by atoms with E-state index < -0.39 is 0 Å². The predicted octanol–water partition coefficient (Wildman–Crippen LogP) is 4.97. The molecule has 0 aliphatic carbocycles. The van der Waals surface area contributed by atoms with Gasteiger partial charge in [0.1, 0.15) is 0 Å². The Kier molecular flexibility index (Phi) is 4.79. The molecule has 2 nitrogen and oxygen atoms in total. The molecule has 0 amide bonds. The van der Waals surface area contributed by atoms with Crippen molar-refractivity contribution in [3.8, 4) is 0 Å². The summed E-state index contributed by atoms with van der Waals surface area (Å²) in [4.78, 5) is 0. The molecule has 24 heavy (non-hydrogen) atoms. The normalized spacial score (nSPS) is 20.5. The Labute approximate surface area is 149 Å². The maximum Gasteiger partial charge on any atom is 0.494 e. The van der Waals surface area contributed by atoms with Gasteiger partial charge in [-0.05, 0) is 61.5 Å². The lowest BCUT2D eigenvalue weighted by Crippen LogP contribution is -2.41. The molecule has 0 unspecified atom stereocenters. The molecule has 1 fully saturated rings. The van der Waals surface area contributed by atoms with Crippen LogP contribution in [0.5, 0.6) is 0 Å². The summed E-state index contributed by atoms with van der Waals surface area (Å²) in [5, 5.41) is 0. The van der Waals surface area contributed by atoms with Crippen molar-refractivity contribution in [2.24, 2.45) is 0 Å². The number of hydrogen-bond donors (Lipinski definition) is 0. The SMILES string of the molecule is CCC(C)(C)c1cc(B2OC(C)(C)C(C)(C)O2)cc(C(C)(C)C)c1. The molecule has 0 saturated carbocycles. The first kappa shape index (κ1) is 19.5. The Morgan fingerprint density at radius 2 is 1.29 bits per heavy atom. The molecule has 0 spiro atoms. The molecular weight excluding hydrogens is 295 g/mol. The average molecular weight is 330 g/mol. The number of hydrogen-bond acceptors (Lipinski definition) is 2. The summed E-state index contributed by atoms with van der Waals surface area (Å²) in [5.41, 5.74) is 3.45. The van der Waals surface area contributed by atoms with Gasteiger partial charge in [-0.1, -0.05) is 59.7 Å². The lowest BCUT2D eigenvalue weighted by atomic mass is 9.70. The number of benzene rings is 1. The van der Waals surface area contributed by atoms with Gasteiger partial charge in [0.15, 0.2) is 0 Å². The van der Waals surface area contributed by atoms with Crippen LogP contribution in [-0.4, -0.2) is 18.3 Å². The minimum absolute atomic E-state index is 0.0955. The van der Waals surface area contributed by atoms with E-state index in [9.17, 15) is 0 Å². The second-order valence-corrected chi connectivity index (χ2v) is 9.92. The van der Waals surface area contributed by atoms with Crippen LogP contribution in [0.15, 0.2) is 18.2 Å². The van der Waals surface area contributed by atoms with Crippen LogP contribution >= 0.6 is 0 Å². The van der Waals surface area contributed by atoms with Crippen molar-refractivity contribution in [3.05, 3.63) is 29.3 Å². The van der Waals surface area contributed by atoms with Gasteiger partial charge in [-0.3, -0.25) is 0 Å². The first-order valence-corrected chi connectivity index (χ1v) is 9.21. The maximum atomic E-state index is 6.30. The van der Waals surface area contributed by atoms with E-state index in [-0.39, 0.29) is 29.2 Å². The Balaban J connectivity index is 2.53. The Hall–Kier alpha value is -0.795. The highest BCUT2D eigenvalue weighted by Crippen LogP contribution is 2.37. The molecule has 3 heteroatoms. The standard InChI is InChI=1S/C21H35BO2/c1-11-19(5,6)16-12-15(18(2,3)4)13-17(14-16)22-23-20(7,8)21(9,10)24-22/h12-14H,11H2,1-10H3. The number of rotatable bonds is 3. The van der Waals surface area contributed by atoms with Crippen LogP contribution in [0.25, 0.3) is 0 Å². The third-order valence-electron chi connectivity index (χ3n) is 6.01. The van der Waals surface area contributed by atoms with Crippen molar-refractivity contribution in [2.75, 3.05) is 0 Å². The smallest absolute Gasteiger partial charge is 0.399 e. The molecule has 2 rings (SSSR count). The average Bonchev–Trinajstić information content (AvgIpc) is 2.66. The quantitative estimate of drug-likeness (QED) is 0.729. The maximum absolute atomic E-state index is 6.30. The van der Waals surface area contributed by atoms with Crippen molar-refractivity contribution in [1.82, 2.24) is 0 Å². The first-order chi connectivity index (χ1) is 10.7. The molecule has 0 N–H and O–H groups in total. The molecule has 1 aliphatic rings. The summed E-state index contributed by atoms with van der Waals surface area (Å²) >= 11 is 0. The third kappa shape index (κ3) is 3.58. The second kappa shape index (κ2) is 5.88. The highest BCUT2D eigenvalue weighted by atomic mass is 16.7. The summed E-state index contributed by atoms with van der Waals surface area (Å²) < 4.78 is 12.6. The van der Waals surface area contributed by atoms with E-state index in [1.807, 2.05) is 0 Å². The molecule has 1 aromatic rings. The minimum Gasteiger partial charge on any atom is -0.399 e. The fourth-order valence-electron chi connectivity index (χ4n) is 2.79. The lowest BCUT2D eigenvalue weighted by molar-refractivity contribution is 0.00578. The molecular formula is C21H35BO2. The van der Waals surface area contributed by atoms with E-state index in [1.54, 1.807) is 0 Å². The third-order valence-corrected chi connectivity index (χ3v) is 6.01. The van der Waals surface area contributed by atoms with Crippen LogP contribution in [0.4, 0.5) is 0 Å². The van der Waals surface area contributed by atoms with Crippen LogP contribution < -0.4 is 5.46 Å². The molecule has 0 atom stereocenters. The Morgan fingerprint density at radius 3 is 1.71 bits per heavy atom. The van der Waals surface area contributed by atoms with Crippen LogP contribution in [-0.2, 0) is 20.1 Å². The lowest BCUT2D eigenvalue weighted by Gasteiger charge is -2.32. The van der Waals surface area contributed by atoms with Gasteiger partial charge in [0.05, 0.1) is 11.2 Å². The van der Waals surface area contributed by atoms with Gasteiger partial charge in [-0.2, -0.15) is 0 Å². The van der Waals surface area contributed by atoms with Gasteiger partial charge in [-0.25, -0.2) is 0 Å². The van der Waals surface area contributed by atoms with Crippen LogP contribution in [0.1, 0.15) is 86.8 Å². The second-order valence-electron chi connectivity index (χ2n) is 9.92. The van der Waals surface area contributed by atoms with E-state index in [2.05, 4.69) is 87.4 Å². The summed E-state index contributed by atoms with van der Waals surface area (Å²) in [7, 11) is -0.302. The van der Waals surface area contributed by atoms with Crippen molar-refractivity contribution in [1.29, 1.82) is 0 Å². The van der Waals surface area contributed by atoms with Crippen molar-refractivity contribution < 1.29 is 9.31 Å². The van der Waals surface area contributed by atoms with E-state index in [0.717, 1.165) is 11.9 Å². The zero-order valence-electron chi connectivity index (χ0n) is 17.3. The zero-order chi connectivity index (χ0) is 18.6. The van der Waals surface area contributed by atoms with Crippen LogP contribution in [0.2, 0.25) is 0 Å². The summed E-state index contributed by atoms with van der Waals surface area (Å²) in [6.45, 7) is 22.1. The van der Waals surface area contributed by atoms with E-state index >= 15 is 0 Å². The molecule has 0 aromatic heterocycles. The fraction of sp³-hybridized carbons (Fsp3) is 0.714. The highest BCUT2D eigenvalue weighted by Gasteiger charge is 2.52. The monoisotopic (exact) mass is 330 g/mol. The van der Waals surface area contributed by atoms with Crippen molar-refractivity contribution in [2.45, 2.75) is 97.7 Å². The molecule has 1 aliphatic heterocycles. The predicted molar refractivity (Wildman–Crippen MR) is 104 cm³/mol. The molecule has 1 aromatic carbocycles. The topological polar surface area (TPSA) is 18.5 Å². The van der Waals surface area contributed by atoms with E-state index in [0.29, 0.717) is 0 Å². The fourth-order valence-corrected chi connectivity index (χ4v) is 2.79. The van der Waals surface area contributed by atoms with Gasteiger partial charge >= 0.3 is 7.12 Å². The zero-order valence-corrected chi connectivity index (χ0v) is 17.3. The first-order valence-electron chi connectivity index (χ1n) is 9.21. The van der Waals surface area contributed by atoms with Gasteiger partial charge in [-0.15, -0.1) is 0 Å². The van der Waals surface area contributed by atoms with Gasteiger partial charge < -0.3 is 9.31 Å². The molecule has 0 radical (unpaired) electrons. The Morgan fingerprint density at radius 1 is 0.833 bits per heavy atom. The van der Waals surface area contributed by atoms with Gasteiger partial charge in [0.25, 0.3) is 0 Å². The van der Waals surface area contributed by atoms with Crippen LogP contribution in [0.3, 0.4) is 0 Å². The van der Waals surface area contributed by atoms with E-state index in [4.69, 9.17) is 9.31 Å². The highest BCUT2D eigenvalue weighted by molar-refractivity contribution is 6.62. The van der Waals surface area contributed by atoms with Crippen molar-refractivity contribution in [3.63, 3.8) is 0 Å². The van der Waals surface area contributed by atoms with E-state index in [1.165, 1.54) is 11.1 Å². The molecule has 0 bridgehead atoms. The van der Waals surface area contributed by atoms with Crippen molar-refractivity contribution >= 4 is 12.6 Å². The summed E-state index contributed by atoms with van der Waals surface area (Å²) in [6.07, 6.45) is 1.10. The minimum atomic E-state index is -0.310. The van der Waals surface area contributed by atoms with Gasteiger partial charge in [0, 0.05) is 0 Å². The van der Waals surface area contributed by atoms with Crippen LogP contribution in [0, 0.1) is 0 Å². The largest absolute Gasteiger partial charge is 0.494 e. The van der Waals surface area contributed by atoms with Gasteiger partial charge in [0.2, 0.25) is 0 Å². The summed E-state index contributed by atoms with van der Waals surface area (Å²) in [5.74, 6) is 0. The Bertz CT molecular complexity index is 593. The summed E-state index contributed by atoms with van der Waals surface area (Å²) in [6, 6.07) is 6.90. The molecule has 134 valence electrons. The molecule has 1 heterocycles.